The van der Waals surface area contributed by atoms with E-state index in [0.717, 1.165) is 16.8 Å². The molecular formula is C26H33N3O5. The summed E-state index contributed by atoms with van der Waals surface area (Å²) in [6.45, 7) is 9.49. The second-order valence-electron chi connectivity index (χ2n) is 9.35. The van der Waals surface area contributed by atoms with E-state index in [1.54, 1.807) is 26.8 Å². The number of rotatable bonds is 4. The standard InChI is InChI=1S/C26H33N3O5/c1-19-7-6-8-22(17-19)29(18-20-9-11-21(12-10-20)23(30)33-5)24(31)27-13-15-28(16-14-27)25(32)34-26(2,3)4/h6-12,17H,13-16,18H2,1-5H3. The van der Waals surface area contributed by atoms with Crippen LogP contribution in [0, 0.1) is 6.92 Å². The highest BCUT2D eigenvalue weighted by Crippen LogP contribution is 2.22. The number of nitrogens with zero attached hydrogens (tertiary/aromatic N) is 3. The molecule has 0 bridgehead atoms. The predicted octanol–water partition coefficient (Wildman–Crippen LogP) is 4.46. The minimum Gasteiger partial charge on any atom is -0.465 e. The van der Waals surface area contributed by atoms with Crippen LogP contribution in [-0.4, -0.2) is 66.8 Å². The quantitative estimate of drug-likeness (QED) is 0.621. The second-order valence-corrected chi connectivity index (χ2v) is 9.35. The summed E-state index contributed by atoms with van der Waals surface area (Å²) in [6.07, 6.45) is -0.360. The number of methoxy groups -OCH3 is 1. The largest absolute Gasteiger partial charge is 0.465 e. The third kappa shape index (κ3) is 6.50. The van der Waals surface area contributed by atoms with E-state index < -0.39 is 11.6 Å². The van der Waals surface area contributed by atoms with E-state index in [1.807, 2.05) is 64.1 Å². The molecule has 2 aromatic rings. The summed E-state index contributed by atoms with van der Waals surface area (Å²) in [4.78, 5) is 42.8. The highest BCUT2D eigenvalue weighted by molar-refractivity contribution is 5.92. The van der Waals surface area contributed by atoms with Gasteiger partial charge in [0.15, 0.2) is 0 Å². The van der Waals surface area contributed by atoms with E-state index in [9.17, 15) is 14.4 Å². The normalized spacial score (nSPS) is 13.9. The van der Waals surface area contributed by atoms with Gasteiger partial charge in [0.2, 0.25) is 0 Å². The smallest absolute Gasteiger partial charge is 0.410 e. The van der Waals surface area contributed by atoms with Crippen LogP contribution in [0.3, 0.4) is 0 Å². The molecule has 0 unspecified atom stereocenters. The molecule has 0 saturated carbocycles. The molecule has 1 fully saturated rings. The number of benzene rings is 2. The summed E-state index contributed by atoms with van der Waals surface area (Å²) < 4.78 is 10.2. The van der Waals surface area contributed by atoms with Gasteiger partial charge in [0.05, 0.1) is 19.2 Å². The predicted molar refractivity (Wildman–Crippen MR) is 130 cm³/mol. The third-order valence-electron chi connectivity index (χ3n) is 5.46. The SMILES string of the molecule is COC(=O)c1ccc(CN(C(=O)N2CCN(C(=O)OC(C)(C)C)CC2)c2cccc(C)c2)cc1. The number of aryl methyl sites for hydroxylation is 1. The molecule has 3 amide bonds. The number of hydrogen-bond donors (Lipinski definition) is 0. The van der Waals surface area contributed by atoms with E-state index in [-0.39, 0.29) is 12.1 Å². The first kappa shape index (κ1) is 25.1. The van der Waals surface area contributed by atoms with Gasteiger partial charge in [-0.15, -0.1) is 0 Å². The van der Waals surface area contributed by atoms with Crippen LogP contribution >= 0.6 is 0 Å². The minimum atomic E-state index is -0.560. The lowest BCUT2D eigenvalue weighted by Crippen LogP contribution is -2.54. The molecule has 1 aliphatic rings. The molecule has 1 saturated heterocycles. The zero-order chi connectivity index (χ0) is 24.9. The van der Waals surface area contributed by atoms with E-state index in [4.69, 9.17) is 9.47 Å². The molecule has 3 rings (SSSR count). The van der Waals surface area contributed by atoms with Crippen molar-refractivity contribution in [3.63, 3.8) is 0 Å². The molecule has 2 aromatic carbocycles. The first-order valence-corrected chi connectivity index (χ1v) is 11.4. The molecule has 8 nitrogen and oxygen atoms in total. The first-order valence-electron chi connectivity index (χ1n) is 11.4. The highest BCUT2D eigenvalue weighted by Gasteiger charge is 2.30. The van der Waals surface area contributed by atoms with Gasteiger partial charge in [-0.05, 0) is 63.1 Å². The van der Waals surface area contributed by atoms with Crippen LogP contribution in [0.2, 0.25) is 0 Å². The van der Waals surface area contributed by atoms with Crippen LogP contribution in [0.25, 0.3) is 0 Å². The van der Waals surface area contributed by atoms with E-state index in [2.05, 4.69) is 0 Å². The number of piperazine rings is 1. The number of hydrogen-bond acceptors (Lipinski definition) is 5. The van der Waals surface area contributed by atoms with Gasteiger partial charge in [0.25, 0.3) is 0 Å². The monoisotopic (exact) mass is 467 g/mol. The van der Waals surface area contributed by atoms with Crippen molar-refractivity contribution in [2.75, 3.05) is 38.2 Å². The van der Waals surface area contributed by atoms with Crippen LogP contribution < -0.4 is 4.90 Å². The fraction of sp³-hybridized carbons (Fsp3) is 0.423. The van der Waals surface area contributed by atoms with Gasteiger partial charge in [-0.25, -0.2) is 14.4 Å². The van der Waals surface area contributed by atoms with Gasteiger partial charge in [0, 0.05) is 31.9 Å². The highest BCUT2D eigenvalue weighted by atomic mass is 16.6. The maximum absolute atomic E-state index is 13.6. The average Bonchev–Trinajstić information content (AvgIpc) is 2.81. The Morgan fingerprint density at radius 2 is 1.56 bits per heavy atom. The Hall–Kier alpha value is -3.55. The number of ether oxygens (including phenoxy) is 2. The van der Waals surface area contributed by atoms with Gasteiger partial charge in [-0.3, -0.25) is 4.90 Å². The fourth-order valence-electron chi connectivity index (χ4n) is 3.69. The van der Waals surface area contributed by atoms with Crippen molar-refractivity contribution < 1.29 is 23.9 Å². The molecule has 0 aromatic heterocycles. The van der Waals surface area contributed by atoms with Crippen molar-refractivity contribution in [2.24, 2.45) is 0 Å². The van der Waals surface area contributed by atoms with Crippen LogP contribution in [-0.2, 0) is 16.0 Å². The minimum absolute atomic E-state index is 0.133. The first-order chi connectivity index (χ1) is 16.1. The Bertz CT molecular complexity index is 1020. The van der Waals surface area contributed by atoms with Crippen molar-refractivity contribution in [1.82, 2.24) is 9.80 Å². The Morgan fingerprint density at radius 1 is 0.941 bits per heavy atom. The second kappa shape index (κ2) is 10.6. The van der Waals surface area contributed by atoms with Gasteiger partial charge in [0.1, 0.15) is 5.60 Å². The Morgan fingerprint density at radius 3 is 2.12 bits per heavy atom. The molecule has 1 aliphatic heterocycles. The molecule has 0 atom stereocenters. The number of urea groups is 1. The Labute approximate surface area is 201 Å². The van der Waals surface area contributed by atoms with Gasteiger partial charge < -0.3 is 19.3 Å². The molecule has 34 heavy (non-hydrogen) atoms. The molecule has 0 radical (unpaired) electrons. The lowest BCUT2D eigenvalue weighted by atomic mass is 10.1. The molecule has 1 heterocycles. The Balaban J connectivity index is 1.75. The lowest BCUT2D eigenvalue weighted by Gasteiger charge is -2.38. The zero-order valence-corrected chi connectivity index (χ0v) is 20.5. The summed E-state index contributed by atoms with van der Waals surface area (Å²) in [5.74, 6) is -0.402. The van der Waals surface area contributed by atoms with Crippen molar-refractivity contribution in [3.05, 3.63) is 65.2 Å². The van der Waals surface area contributed by atoms with Crippen molar-refractivity contribution in [3.8, 4) is 0 Å². The fourth-order valence-corrected chi connectivity index (χ4v) is 3.69. The number of carbonyl (C=O) groups excluding carboxylic acids is 3. The van der Waals surface area contributed by atoms with Crippen molar-refractivity contribution in [2.45, 2.75) is 39.8 Å². The average molecular weight is 468 g/mol. The van der Waals surface area contributed by atoms with Crippen LogP contribution in [0.15, 0.2) is 48.5 Å². The van der Waals surface area contributed by atoms with Gasteiger partial charge >= 0.3 is 18.1 Å². The summed E-state index contributed by atoms with van der Waals surface area (Å²) in [5.41, 5.74) is 2.62. The lowest BCUT2D eigenvalue weighted by molar-refractivity contribution is 0.0172. The topological polar surface area (TPSA) is 79.4 Å². The van der Waals surface area contributed by atoms with Gasteiger partial charge in [-0.2, -0.15) is 0 Å². The van der Waals surface area contributed by atoms with E-state index in [1.165, 1.54) is 7.11 Å². The van der Waals surface area contributed by atoms with Crippen LogP contribution in [0.5, 0.6) is 0 Å². The molecule has 0 N–H and O–H groups in total. The summed E-state index contributed by atoms with van der Waals surface area (Å²) in [6, 6.07) is 14.7. The molecule has 8 heteroatoms. The Kier molecular flexibility index (Phi) is 7.81. The van der Waals surface area contributed by atoms with E-state index in [0.29, 0.717) is 38.3 Å². The number of amides is 3. The van der Waals surface area contributed by atoms with Gasteiger partial charge in [-0.1, -0.05) is 24.3 Å². The van der Waals surface area contributed by atoms with Crippen LogP contribution in [0.1, 0.15) is 42.3 Å². The number of carbonyl (C=O) groups is 3. The zero-order valence-electron chi connectivity index (χ0n) is 20.5. The maximum Gasteiger partial charge on any atom is 0.410 e. The molecule has 0 spiro atoms. The van der Waals surface area contributed by atoms with E-state index >= 15 is 0 Å². The summed E-state index contributed by atoms with van der Waals surface area (Å²) in [5, 5.41) is 0. The van der Waals surface area contributed by atoms with Crippen molar-refractivity contribution >= 4 is 23.8 Å². The molecular weight excluding hydrogens is 434 g/mol. The molecule has 0 aliphatic carbocycles. The van der Waals surface area contributed by atoms with Crippen molar-refractivity contribution in [1.29, 1.82) is 0 Å². The maximum atomic E-state index is 13.6. The number of esters is 1. The molecule has 182 valence electrons. The summed E-state index contributed by atoms with van der Waals surface area (Å²) in [7, 11) is 1.34. The number of anilines is 1. The van der Waals surface area contributed by atoms with Crippen LogP contribution in [0.4, 0.5) is 15.3 Å². The summed E-state index contributed by atoms with van der Waals surface area (Å²) >= 11 is 0. The third-order valence-corrected chi connectivity index (χ3v) is 5.46.